The molecular formula is C29H46N8O5. The van der Waals surface area contributed by atoms with E-state index in [-0.39, 0.29) is 43.7 Å². The molecule has 0 spiro atoms. The van der Waals surface area contributed by atoms with E-state index in [2.05, 4.69) is 31.9 Å². The van der Waals surface area contributed by atoms with E-state index in [9.17, 15) is 24.0 Å². The molecule has 42 heavy (non-hydrogen) atoms. The highest BCUT2D eigenvalue weighted by Crippen LogP contribution is 2.18. The highest BCUT2D eigenvalue weighted by Gasteiger charge is 2.39. The largest absolute Gasteiger partial charge is 0.370 e. The lowest BCUT2D eigenvalue weighted by atomic mass is 9.93. The fourth-order valence-corrected chi connectivity index (χ4v) is 4.44. The number of benzene rings is 1. The van der Waals surface area contributed by atoms with Gasteiger partial charge in [-0.25, -0.2) is 0 Å². The van der Waals surface area contributed by atoms with Gasteiger partial charge in [-0.15, -0.1) is 0 Å². The van der Waals surface area contributed by atoms with E-state index >= 15 is 0 Å². The quantitative estimate of drug-likeness (QED) is 0.114. The van der Waals surface area contributed by atoms with Crippen molar-refractivity contribution >= 4 is 35.5 Å². The van der Waals surface area contributed by atoms with Crippen LogP contribution in [0.2, 0.25) is 0 Å². The molecule has 5 atom stereocenters. The lowest BCUT2D eigenvalue weighted by Gasteiger charge is -2.34. The first-order chi connectivity index (χ1) is 19.8. The van der Waals surface area contributed by atoms with Crippen LogP contribution < -0.4 is 37.6 Å². The molecule has 13 heteroatoms. The number of nitrogens with two attached hydrogens (primary N) is 1. The Balaban J connectivity index is 2.51. The van der Waals surface area contributed by atoms with Gasteiger partial charge in [0.15, 0.2) is 5.96 Å². The second kappa shape index (κ2) is 15.7. The zero-order valence-corrected chi connectivity index (χ0v) is 25.1. The third-order valence-corrected chi connectivity index (χ3v) is 7.43. The summed E-state index contributed by atoms with van der Waals surface area (Å²) >= 11 is 0. The highest BCUT2D eigenvalue weighted by atomic mass is 16.2. The molecule has 1 fully saturated rings. The maximum absolute atomic E-state index is 13.7. The fourth-order valence-electron chi connectivity index (χ4n) is 4.44. The van der Waals surface area contributed by atoms with Crippen molar-refractivity contribution in [3.63, 3.8) is 0 Å². The normalized spacial score (nSPS) is 24.8. The van der Waals surface area contributed by atoms with Crippen LogP contribution in [0.15, 0.2) is 30.3 Å². The number of hydrogen-bond acceptors (Lipinski definition) is 6. The van der Waals surface area contributed by atoms with Gasteiger partial charge >= 0.3 is 0 Å². The summed E-state index contributed by atoms with van der Waals surface area (Å²) in [5, 5.41) is 24.0. The number of carbonyl (C=O) groups excluding carboxylic acids is 5. The van der Waals surface area contributed by atoms with Crippen LogP contribution in [0.3, 0.4) is 0 Å². The molecule has 0 aromatic heterocycles. The summed E-state index contributed by atoms with van der Waals surface area (Å²) in [5.74, 6) is -3.50. The molecule has 0 saturated carbocycles. The molecular weight excluding hydrogens is 540 g/mol. The van der Waals surface area contributed by atoms with Gasteiger partial charge in [0.25, 0.3) is 0 Å². The molecule has 0 radical (unpaired) electrons. The molecule has 13 nitrogen and oxygen atoms in total. The number of nitrogens with one attached hydrogen (secondary N) is 7. The Kier molecular flexibility index (Phi) is 12.8. The molecule has 1 aliphatic heterocycles. The summed E-state index contributed by atoms with van der Waals surface area (Å²) < 4.78 is 0. The second-order valence-corrected chi connectivity index (χ2v) is 11.2. The molecule has 1 aromatic carbocycles. The molecule has 1 aromatic rings. The van der Waals surface area contributed by atoms with Crippen LogP contribution in [-0.2, 0) is 24.0 Å². The van der Waals surface area contributed by atoms with Crippen molar-refractivity contribution in [3.8, 4) is 0 Å². The van der Waals surface area contributed by atoms with Crippen molar-refractivity contribution in [1.29, 1.82) is 5.41 Å². The zero-order valence-electron chi connectivity index (χ0n) is 25.1. The Morgan fingerprint density at radius 1 is 1.05 bits per heavy atom. The van der Waals surface area contributed by atoms with E-state index in [1.165, 1.54) is 0 Å². The smallest absolute Gasteiger partial charge is 0.247 e. The first kappa shape index (κ1) is 34.0. The van der Waals surface area contributed by atoms with Crippen LogP contribution in [0.5, 0.6) is 0 Å². The summed E-state index contributed by atoms with van der Waals surface area (Å²) in [4.78, 5) is 67.0. The predicted molar refractivity (Wildman–Crippen MR) is 159 cm³/mol. The Morgan fingerprint density at radius 3 is 2.31 bits per heavy atom. The van der Waals surface area contributed by atoms with E-state index < -0.39 is 53.2 Å². The number of rotatable bonds is 9. The van der Waals surface area contributed by atoms with Gasteiger partial charge in [-0.05, 0) is 37.7 Å². The van der Waals surface area contributed by atoms with Crippen LogP contribution in [0.1, 0.15) is 71.9 Å². The standard InChI is InChI=1S/C29H46N8O5/c1-6-18(4)21-26(41)36-22(19-11-8-7-9-12-19)25(40)32-16-14-29(5,37-23(38)17(2)3)27(42)34-20(24(39)35-21)13-10-15-33-28(30)31/h7-9,11-12,17-18,20-22H,6,10,13-16H2,1-5H3,(H,32,40)(H,34,42)(H,35,39)(H,36,41)(H,37,38)(H4,30,31,33)/t18?,20-,21-,22+,29+/m0/s1. The molecule has 1 unspecified atom stereocenters. The SMILES string of the molecule is CCC(C)[C@@H]1NC(=O)[C@H](CCCNC(=N)N)NC(=O)[C@](C)(NC(=O)C(C)C)CCNC(=O)[C@@H](c2ccccc2)NC1=O. The van der Waals surface area contributed by atoms with Crippen molar-refractivity contribution in [2.24, 2.45) is 17.6 Å². The summed E-state index contributed by atoms with van der Waals surface area (Å²) in [6, 6.07) is 5.64. The van der Waals surface area contributed by atoms with E-state index in [0.29, 0.717) is 18.4 Å². The number of hydrogen-bond donors (Lipinski definition) is 8. The zero-order chi connectivity index (χ0) is 31.4. The Morgan fingerprint density at radius 2 is 1.71 bits per heavy atom. The van der Waals surface area contributed by atoms with Crippen molar-refractivity contribution in [2.75, 3.05) is 13.1 Å². The average Bonchev–Trinajstić information content (AvgIpc) is 2.94. The molecule has 1 heterocycles. The van der Waals surface area contributed by atoms with Gasteiger partial charge in [-0.2, -0.15) is 0 Å². The molecule has 1 saturated heterocycles. The molecule has 9 N–H and O–H groups in total. The van der Waals surface area contributed by atoms with Crippen molar-refractivity contribution in [3.05, 3.63) is 35.9 Å². The lowest BCUT2D eigenvalue weighted by Crippen LogP contribution is -2.63. The minimum absolute atomic E-state index is 0.00845. The minimum atomic E-state index is -1.46. The van der Waals surface area contributed by atoms with Gasteiger partial charge in [0.05, 0.1) is 0 Å². The van der Waals surface area contributed by atoms with Gasteiger partial charge in [-0.3, -0.25) is 29.4 Å². The van der Waals surface area contributed by atoms with Gasteiger partial charge < -0.3 is 37.6 Å². The Labute approximate surface area is 247 Å². The summed E-state index contributed by atoms with van der Waals surface area (Å²) in [5.41, 5.74) is 4.45. The van der Waals surface area contributed by atoms with Crippen LogP contribution in [0, 0.1) is 17.2 Å². The fraction of sp³-hybridized carbons (Fsp3) is 0.586. The molecule has 0 aliphatic carbocycles. The summed E-state index contributed by atoms with van der Waals surface area (Å²) in [7, 11) is 0. The molecule has 1 aliphatic rings. The number of carbonyl (C=O) groups is 5. The molecule has 5 amide bonds. The van der Waals surface area contributed by atoms with Crippen LogP contribution in [-0.4, -0.2) is 66.2 Å². The van der Waals surface area contributed by atoms with E-state index in [1.54, 1.807) is 51.1 Å². The van der Waals surface area contributed by atoms with Gasteiger partial charge in [0.1, 0.15) is 23.7 Å². The predicted octanol–water partition coefficient (Wildman–Crippen LogP) is 0.174. The molecule has 232 valence electrons. The van der Waals surface area contributed by atoms with E-state index in [1.807, 2.05) is 13.8 Å². The summed E-state index contributed by atoms with van der Waals surface area (Å²) in [6.45, 7) is 8.93. The van der Waals surface area contributed by atoms with Gasteiger partial charge in [-0.1, -0.05) is 64.4 Å². The first-order valence-corrected chi connectivity index (χ1v) is 14.4. The lowest BCUT2D eigenvalue weighted by molar-refractivity contribution is -0.138. The maximum atomic E-state index is 13.7. The van der Waals surface area contributed by atoms with Crippen LogP contribution in [0.4, 0.5) is 0 Å². The van der Waals surface area contributed by atoms with E-state index in [0.717, 1.165) is 0 Å². The van der Waals surface area contributed by atoms with Crippen molar-refractivity contribution in [1.82, 2.24) is 31.9 Å². The Hall–Kier alpha value is -4.16. The first-order valence-electron chi connectivity index (χ1n) is 14.4. The van der Waals surface area contributed by atoms with Crippen molar-refractivity contribution < 1.29 is 24.0 Å². The topological polar surface area (TPSA) is 207 Å². The maximum Gasteiger partial charge on any atom is 0.247 e. The monoisotopic (exact) mass is 586 g/mol. The van der Waals surface area contributed by atoms with Crippen LogP contribution in [0.25, 0.3) is 0 Å². The number of guanidine groups is 1. The van der Waals surface area contributed by atoms with E-state index in [4.69, 9.17) is 11.1 Å². The Bertz CT molecular complexity index is 1130. The summed E-state index contributed by atoms with van der Waals surface area (Å²) in [6.07, 6.45) is 1.12. The van der Waals surface area contributed by atoms with Crippen molar-refractivity contribution in [2.45, 2.75) is 84.0 Å². The third-order valence-electron chi connectivity index (χ3n) is 7.43. The van der Waals surface area contributed by atoms with Crippen LogP contribution >= 0.6 is 0 Å². The van der Waals surface area contributed by atoms with Gasteiger partial charge in [0, 0.05) is 19.0 Å². The average molecular weight is 587 g/mol. The minimum Gasteiger partial charge on any atom is -0.370 e. The third kappa shape index (κ3) is 9.74. The molecule has 0 bridgehead atoms. The number of amides is 5. The second-order valence-electron chi connectivity index (χ2n) is 11.2. The molecule has 2 rings (SSSR count). The van der Waals surface area contributed by atoms with Gasteiger partial charge in [0.2, 0.25) is 29.5 Å². The highest BCUT2D eigenvalue weighted by molar-refractivity contribution is 5.97.